The lowest BCUT2D eigenvalue weighted by atomic mass is 10.2. The lowest BCUT2D eigenvalue weighted by molar-refractivity contribution is 0.252. The molecule has 0 saturated carbocycles. The fraction of sp³-hybridized carbons (Fsp3) is 0.143. The molecule has 0 aromatic heterocycles. The molecule has 0 saturated heterocycles. The van der Waals surface area contributed by atoms with Crippen LogP contribution in [0.1, 0.15) is 5.56 Å². The Morgan fingerprint density at radius 1 is 1.05 bits per heavy atom. The summed E-state index contributed by atoms with van der Waals surface area (Å²) in [4.78, 5) is 0.554. The first-order valence-electron chi connectivity index (χ1n) is 5.67. The van der Waals surface area contributed by atoms with E-state index in [-0.39, 0.29) is 0 Å². The molecule has 100 valence electrons. The molecular formula is C14H12ClF2NS. The van der Waals surface area contributed by atoms with Gasteiger partial charge in [0.2, 0.25) is 0 Å². The molecule has 0 amide bonds. The van der Waals surface area contributed by atoms with E-state index in [1.165, 1.54) is 0 Å². The number of hydrogen-bond acceptors (Lipinski definition) is 2. The van der Waals surface area contributed by atoms with Crippen LogP contribution < -0.4 is 5.32 Å². The first kappa shape index (κ1) is 14.2. The van der Waals surface area contributed by atoms with Gasteiger partial charge in [-0.15, -0.1) is 0 Å². The van der Waals surface area contributed by atoms with E-state index < -0.39 is 5.76 Å². The number of benzene rings is 2. The van der Waals surface area contributed by atoms with Gasteiger partial charge in [0.25, 0.3) is 5.76 Å². The van der Waals surface area contributed by atoms with Crippen LogP contribution in [0.25, 0.3) is 0 Å². The van der Waals surface area contributed by atoms with Crippen LogP contribution in [0, 0.1) is 0 Å². The zero-order valence-electron chi connectivity index (χ0n) is 9.95. The van der Waals surface area contributed by atoms with E-state index in [9.17, 15) is 8.78 Å². The molecule has 1 nitrogen and oxygen atoms in total. The van der Waals surface area contributed by atoms with Crippen molar-refractivity contribution < 1.29 is 8.78 Å². The maximum absolute atomic E-state index is 12.2. The number of halogens is 3. The Balaban J connectivity index is 1.95. The second kappa shape index (κ2) is 6.78. The molecule has 0 heterocycles. The molecule has 0 fully saturated rings. The largest absolute Gasteiger partial charge is 0.381 e. The highest BCUT2D eigenvalue weighted by Crippen LogP contribution is 2.26. The van der Waals surface area contributed by atoms with Crippen LogP contribution in [-0.2, 0) is 6.54 Å². The number of hydrogen-bond donors (Lipinski definition) is 1. The summed E-state index contributed by atoms with van der Waals surface area (Å²) in [5.74, 6) is -2.39. The van der Waals surface area contributed by atoms with Gasteiger partial charge in [-0.25, -0.2) is 0 Å². The first-order chi connectivity index (χ1) is 9.15. The van der Waals surface area contributed by atoms with Gasteiger partial charge in [-0.2, -0.15) is 8.78 Å². The van der Waals surface area contributed by atoms with E-state index in [1.54, 1.807) is 24.3 Å². The molecule has 2 aromatic rings. The molecular weight excluding hydrogens is 288 g/mol. The summed E-state index contributed by atoms with van der Waals surface area (Å²) >= 11 is 6.59. The molecule has 5 heteroatoms. The number of thioether (sulfide) groups is 1. The molecule has 0 bridgehead atoms. The van der Waals surface area contributed by atoms with Crippen LogP contribution >= 0.6 is 23.4 Å². The average molecular weight is 300 g/mol. The second-order valence-corrected chi connectivity index (χ2v) is 5.32. The summed E-state index contributed by atoms with van der Waals surface area (Å²) in [6.07, 6.45) is 0. The number of nitrogens with one attached hydrogen (secondary N) is 1. The van der Waals surface area contributed by atoms with Gasteiger partial charge in [0, 0.05) is 22.2 Å². The van der Waals surface area contributed by atoms with Gasteiger partial charge >= 0.3 is 0 Å². The van der Waals surface area contributed by atoms with Crippen molar-refractivity contribution in [3.05, 3.63) is 59.1 Å². The predicted octanol–water partition coefficient (Wildman–Crippen LogP) is 5.27. The summed E-state index contributed by atoms with van der Waals surface area (Å²) in [6, 6.07) is 14.5. The van der Waals surface area contributed by atoms with E-state index >= 15 is 0 Å². The minimum atomic E-state index is -2.39. The van der Waals surface area contributed by atoms with Crippen LogP contribution in [0.2, 0.25) is 5.02 Å². The molecule has 0 radical (unpaired) electrons. The Hall–Kier alpha value is -1.26. The van der Waals surface area contributed by atoms with Gasteiger partial charge in [-0.05, 0) is 35.9 Å². The minimum Gasteiger partial charge on any atom is -0.381 e. The zero-order valence-corrected chi connectivity index (χ0v) is 11.5. The Morgan fingerprint density at radius 2 is 1.74 bits per heavy atom. The van der Waals surface area contributed by atoms with Gasteiger partial charge in [-0.3, -0.25) is 0 Å². The van der Waals surface area contributed by atoms with Crippen molar-refractivity contribution >= 4 is 29.1 Å². The molecule has 19 heavy (non-hydrogen) atoms. The van der Waals surface area contributed by atoms with Crippen molar-refractivity contribution in [3.63, 3.8) is 0 Å². The SMILES string of the molecule is FC(F)Sc1ccc(NCc2ccccc2Cl)cc1. The Bertz CT molecular complexity index is 531. The smallest absolute Gasteiger partial charge is 0.288 e. The monoisotopic (exact) mass is 299 g/mol. The van der Waals surface area contributed by atoms with Gasteiger partial charge in [0.15, 0.2) is 0 Å². The normalized spacial score (nSPS) is 10.7. The third kappa shape index (κ3) is 4.40. The van der Waals surface area contributed by atoms with E-state index in [2.05, 4.69) is 5.32 Å². The fourth-order valence-electron chi connectivity index (χ4n) is 1.59. The maximum atomic E-state index is 12.2. The number of rotatable bonds is 5. The number of alkyl halides is 2. The molecule has 1 N–H and O–H groups in total. The highest BCUT2D eigenvalue weighted by Gasteiger charge is 2.04. The van der Waals surface area contributed by atoms with Crippen molar-refractivity contribution in [2.75, 3.05) is 5.32 Å². The first-order valence-corrected chi connectivity index (χ1v) is 6.93. The van der Waals surface area contributed by atoms with Crippen LogP contribution in [0.4, 0.5) is 14.5 Å². The quantitative estimate of drug-likeness (QED) is 0.755. The standard InChI is InChI=1S/C14H12ClF2NS/c15-13-4-2-1-3-10(13)9-18-11-5-7-12(8-6-11)19-14(16)17/h1-8,14,18H,9H2. The Labute approximate surface area is 120 Å². The molecule has 2 aromatic carbocycles. The average Bonchev–Trinajstić information content (AvgIpc) is 2.39. The summed E-state index contributed by atoms with van der Waals surface area (Å²) in [5.41, 5.74) is 1.87. The lowest BCUT2D eigenvalue weighted by Gasteiger charge is -2.08. The van der Waals surface area contributed by atoms with Crippen LogP contribution in [0.5, 0.6) is 0 Å². The Kier molecular flexibility index (Phi) is 5.05. The molecule has 0 atom stereocenters. The predicted molar refractivity (Wildman–Crippen MR) is 77.1 cm³/mol. The molecule has 0 spiro atoms. The third-order valence-corrected chi connectivity index (χ3v) is 3.61. The minimum absolute atomic E-state index is 0.542. The molecule has 0 aliphatic carbocycles. The molecule has 0 aliphatic heterocycles. The van der Waals surface area contributed by atoms with Crippen molar-refractivity contribution in [2.24, 2.45) is 0 Å². The van der Waals surface area contributed by atoms with Crippen LogP contribution in [-0.4, -0.2) is 5.76 Å². The van der Waals surface area contributed by atoms with Gasteiger partial charge < -0.3 is 5.32 Å². The topological polar surface area (TPSA) is 12.0 Å². The second-order valence-electron chi connectivity index (χ2n) is 3.85. The van der Waals surface area contributed by atoms with Gasteiger partial charge in [-0.1, -0.05) is 41.6 Å². The van der Waals surface area contributed by atoms with Crippen LogP contribution in [0.15, 0.2) is 53.4 Å². The summed E-state index contributed by atoms with van der Waals surface area (Å²) < 4.78 is 24.3. The fourth-order valence-corrected chi connectivity index (χ4v) is 2.29. The third-order valence-electron chi connectivity index (χ3n) is 2.52. The molecule has 2 rings (SSSR count). The highest BCUT2D eigenvalue weighted by atomic mass is 35.5. The van der Waals surface area contributed by atoms with E-state index in [1.807, 2.05) is 24.3 Å². The summed E-state index contributed by atoms with van der Waals surface area (Å²) in [6.45, 7) is 0.598. The maximum Gasteiger partial charge on any atom is 0.288 e. The summed E-state index contributed by atoms with van der Waals surface area (Å²) in [5, 5.41) is 3.91. The molecule has 0 unspecified atom stereocenters. The van der Waals surface area contributed by atoms with Crippen molar-refractivity contribution in [3.8, 4) is 0 Å². The zero-order chi connectivity index (χ0) is 13.7. The van der Waals surface area contributed by atoms with Crippen molar-refractivity contribution in [1.29, 1.82) is 0 Å². The number of anilines is 1. The lowest BCUT2D eigenvalue weighted by Crippen LogP contribution is -1.99. The van der Waals surface area contributed by atoms with Gasteiger partial charge in [0.05, 0.1) is 0 Å². The highest BCUT2D eigenvalue weighted by molar-refractivity contribution is 7.99. The van der Waals surface area contributed by atoms with Gasteiger partial charge in [0.1, 0.15) is 0 Å². The van der Waals surface area contributed by atoms with Crippen molar-refractivity contribution in [1.82, 2.24) is 0 Å². The summed E-state index contributed by atoms with van der Waals surface area (Å²) in [7, 11) is 0. The van der Waals surface area contributed by atoms with E-state index in [0.717, 1.165) is 11.3 Å². The van der Waals surface area contributed by atoms with E-state index in [0.29, 0.717) is 28.2 Å². The van der Waals surface area contributed by atoms with Crippen molar-refractivity contribution in [2.45, 2.75) is 17.2 Å². The molecule has 0 aliphatic rings. The Morgan fingerprint density at radius 3 is 2.37 bits per heavy atom. The van der Waals surface area contributed by atoms with Crippen LogP contribution in [0.3, 0.4) is 0 Å². The van der Waals surface area contributed by atoms with E-state index in [4.69, 9.17) is 11.6 Å².